The van der Waals surface area contributed by atoms with Crippen molar-refractivity contribution < 1.29 is 23.7 Å². The van der Waals surface area contributed by atoms with Gasteiger partial charge in [0.25, 0.3) is 0 Å². The van der Waals surface area contributed by atoms with Gasteiger partial charge in [-0.1, -0.05) is 6.07 Å². The molecule has 1 unspecified atom stereocenters. The van der Waals surface area contributed by atoms with Gasteiger partial charge >= 0.3 is 5.97 Å². The highest BCUT2D eigenvalue weighted by Gasteiger charge is 2.25. The lowest BCUT2D eigenvalue weighted by molar-refractivity contribution is -0.131. The summed E-state index contributed by atoms with van der Waals surface area (Å²) < 4.78 is 22.0. The van der Waals surface area contributed by atoms with Crippen LogP contribution in [0.4, 0.5) is 0 Å². The lowest BCUT2D eigenvalue weighted by Crippen LogP contribution is -2.16. The van der Waals surface area contributed by atoms with Gasteiger partial charge in [0.2, 0.25) is 0 Å². The zero-order valence-electron chi connectivity index (χ0n) is 14.0. The van der Waals surface area contributed by atoms with Crippen LogP contribution in [0, 0.1) is 0 Å². The number of carbonyl (C=O) groups is 1. The van der Waals surface area contributed by atoms with E-state index in [0.717, 1.165) is 29.9 Å². The molecule has 5 nitrogen and oxygen atoms in total. The molecule has 0 saturated heterocycles. The lowest BCUT2D eigenvalue weighted by atomic mass is 9.96. The summed E-state index contributed by atoms with van der Waals surface area (Å²) in [6.07, 6.45) is 1.65. The van der Waals surface area contributed by atoms with Crippen LogP contribution >= 0.6 is 0 Å². The van der Waals surface area contributed by atoms with Gasteiger partial charge in [-0.05, 0) is 36.6 Å². The highest BCUT2D eigenvalue weighted by atomic mass is 16.5. The van der Waals surface area contributed by atoms with Crippen LogP contribution in [0.1, 0.15) is 30.6 Å². The zero-order chi connectivity index (χ0) is 17.1. The molecule has 0 N–H and O–H groups in total. The van der Waals surface area contributed by atoms with Gasteiger partial charge in [0.05, 0.1) is 14.2 Å². The Kier molecular flexibility index (Phi) is 4.60. The maximum absolute atomic E-state index is 11.1. The summed E-state index contributed by atoms with van der Waals surface area (Å²) in [5.74, 6) is 2.34. The molecule has 2 aromatic carbocycles. The second-order valence-electron chi connectivity index (χ2n) is 5.62. The number of fused-ring (bicyclic) bond motifs is 1. The van der Waals surface area contributed by atoms with Gasteiger partial charge in [-0.25, -0.2) is 0 Å². The molecule has 0 fully saturated rings. The zero-order valence-corrected chi connectivity index (χ0v) is 14.0. The first-order valence-electron chi connectivity index (χ1n) is 7.80. The Bertz CT molecular complexity index is 753. The number of hydrogen-bond donors (Lipinski definition) is 0. The van der Waals surface area contributed by atoms with Crippen molar-refractivity contribution in [2.45, 2.75) is 25.9 Å². The highest BCUT2D eigenvalue weighted by molar-refractivity contribution is 5.69. The number of ether oxygens (including phenoxy) is 4. The van der Waals surface area contributed by atoms with E-state index in [4.69, 9.17) is 18.9 Å². The van der Waals surface area contributed by atoms with Crippen molar-refractivity contribution in [3.05, 3.63) is 47.5 Å². The van der Waals surface area contributed by atoms with Crippen LogP contribution in [-0.2, 0) is 11.2 Å². The monoisotopic (exact) mass is 328 g/mol. The summed E-state index contributed by atoms with van der Waals surface area (Å²) in [5.41, 5.74) is 2.10. The molecule has 126 valence electrons. The maximum Gasteiger partial charge on any atom is 0.308 e. The Morgan fingerprint density at radius 1 is 1.08 bits per heavy atom. The Balaban J connectivity index is 1.87. The molecule has 0 aliphatic carbocycles. The van der Waals surface area contributed by atoms with Crippen LogP contribution in [0.2, 0.25) is 0 Å². The molecular weight excluding hydrogens is 308 g/mol. The fourth-order valence-corrected chi connectivity index (χ4v) is 2.88. The van der Waals surface area contributed by atoms with Gasteiger partial charge in [-0.2, -0.15) is 0 Å². The summed E-state index contributed by atoms with van der Waals surface area (Å²) in [6.45, 7) is 1.37. The minimum atomic E-state index is -0.361. The van der Waals surface area contributed by atoms with E-state index in [1.807, 2.05) is 24.3 Å². The molecular formula is C19H20O5. The maximum atomic E-state index is 11.1. The van der Waals surface area contributed by atoms with Crippen molar-refractivity contribution in [1.82, 2.24) is 0 Å². The number of rotatable bonds is 4. The van der Waals surface area contributed by atoms with Gasteiger partial charge in [0.1, 0.15) is 29.1 Å². The van der Waals surface area contributed by atoms with Crippen LogP contribution in [0.15, 0.2) is 36.4 Å². The van der Waals surface area contributed by atoms with E-state index >= 15 is 0 Å². The van der Waals surface area contributed by atoms with Gasteiger partial charge in [0, 0.05) is 24.6 Å². The molecule has 1 atom stereocenters. The molecule has 5 heteroatoms. The SMILES string of the molecule is COc1ccc2c(c1)OC(c1ccc(OC(C)=O)cc1OC)CC2. The molecule has 1 aliphatic heterocycles. The molecule has 0 bridgehead atoms. The average Bonchev–Trinajstić information content (AvgIpc) is 2.60. The summed E-state index contributed by atoms with van der Waals surface area (Å²) in [4.78, 5) is 11.1. The van der Waals surface area contributed by atoms with E-state index in [2.05, 4.69) is 0 Å². The van der Waals surface area contributed by atoms with E-state index in [-0.39, 0.29) is 12.1 Å². The summed E-state index contributed by atoms with van der Waals surface area (Å²) in [6, 6.07) is 11.2. The van der Waals surface area contributed by atoms with E-state index in [9.17, 15) is 4.79 Å². The minimum Gasteiger partial charge on any atom is -0.497 e. The van der Waals surface area contributed by atoms with Crippen LogP contribution in [0.25, 0.3) is 0 Å². The summed E-state index contributed by atoms with van der Waals surface area (Å²) in [7, 11) is 3.23. The number of benzene rings is 2. The van der Waals surface area contributed by atoms with E-state index in [0.29, 0.717) is 11.5 Å². The van der Waals surface area contributed by atoms with Gasteiger partial charge in [0.15, 0.2) is 0 Å². The third-order valence-corrected chi connectivity index (χ3v) is 4.03. The standard InChI is InChI=1S/C19H20O5/c1-12(20)23-15-7-8-16(19(11-15)22-3)17-9-5-13-4-6-14(21-2)10-18(13)24-17/h4,6-8,10-11,17H,5,9H2,1-3H3. The molecule has 0 spiro atoms. The lowest BCUT2D eigenvalue weighted by Gasteiger charge is -2.28. The summed E-state index contributed by atoms with van der Waals surface area (Å²) in [5, 5.41) is 0. The predicted molar refractivity (Wildman–Crippen MR) is 89.0 cm³/mol. The quantitative estimate of drug-likeness (QED) is 0.633. The van der Waals surface area contributed by atoms with Crippen molar-refractivity contribution >= 4 is 5.97 Å². The Morgan fingerprint density at radius 2 is 1.88 bits per heavy atom. The Morgan fingerprint density at radius 3 is 2.58 bits per heavy atom. The minimum absolute atomic E-state index is 0.120. The van der Waals surface area contributed by atoms with Crippen LogP contribution in [0.5, 0.6) is 23.0 Å². The van der Waals surface area contributed by atoms with E-state index < -0.39 is 0 Å². The predicted octanol–water partition coefficient (Wildman–Crippen LogP) is 3.70. The molecule has 0 saturated carbocycles. The third-order valence-electron chi connectivity index (χ3n) is 4.03. The van der Waals surface area contributed by atoms with Crippen molar-refractivity contribution in [3.8, 4) is 23.0 Å². The fraction of sp³-hybridized carbons (Fsp3) is 0.316. The Hall–Kier alpha value is -2.69. The first-order chi connectivity index (χ1) is 11.6. The molecule has 1 heterocycles. The molecule has 0 aromatic heterocycles. The molecule has 2 aromatic rings. The molecule has 3 rings (SSSR count). The first kappa shape index (κ1) is 16.2. The van der Waals surface area contributed by atoms with Crippen LogP contribution in [0.3, 0.4) is 0 Å². The van der Waals surface area contributed by atoms with Crippen LogP contribution < -0.4 is 18.9 Å². The molecule has 0 radical (unpaired) electrons. The fourth-order valence-electron chi connectivity index (χ4n) is 2.88. The average molecular weight is 328 g/mol. The van der Waals surface area contributed by atoms with Crippen molar-refractivity contribution in [1.29, 1.82) is 0 Å². The van der Waals surface area contributed by atoms with Crippen molar-refractivity contribution in [3.63, 3.8) is 0 Å². The number of esters is 1. The number of aryl methyl sites for hydroxylation is 1. The summed E-state index contributed by atoms with van der Waals surface area (Å²) >= 11 is 0. The Labute approximate surface area is 141 Å². The second-order valence-corrected chi connectivity index (χ2v) is 5.62. The molecule has 24 heavy (non-hydrogen) atoms. The van der Waals surface area contributed by atoms with Crippen molar-refractivity contribution in [2.24, 2.45) is 0 Å². The van der Waals surface area contributed by atoms with Gasteiger partial charge in [-0.3, -0.25) is 4.79 Å². The number of hydrogen-bond acceptors (Lipinski definition) is 5. The number of methoxy groups -OCH3 is 2. The van der Waals surface area contributed by atoms with Crippen LogP contribution in [-0.4, -0.2) is 20.2 Å². The largest absolute Gasteiger partial charge is 0.497 e. The topological polar surface area (TPSA) is 54.0 Å². The number of carbonyl (C=O) groups excluding carboxylic acids is 1. The first-order valence-corrected chi connectivity index (χ1v) is 7.80. The third kappa shape index (κ3) is 3.30. The molecule has 0 amide bonds. The van der Waals surface area contributed by atoms with Gasteiger partial charge < -0.3 is 18.9 Å². The highest BCUT2D eigenvalue weighted by Crippen LogP contribution is 2.40. The molecule has 1 aliphatic rings. The second kappa shape index (κ2) is 6.83. The van der Waals surface area contributed by atoms with Gasteiger partial charge in [-0.15, -0.1) is 0 Å². The smallest absolute Gasteiger partial charge is 0.308 e. The normalized spacial score (nSPS) is 15.9. The van der Waals surface area contributed by atoms with Crippen molar-refractivity contribution in [2.75, 3.05) is 14.2 Å². The van der Waals surface area contributed by atoms with E-state index in [1.54, 1.807) is 26.4 Å². The van der Waals surface area contributed by atoms with E-state index in [1.165, 1.54) is 12.5 Å².